The first-order valence-corrected chi connectivity index (χ1v) is 5.51. The molecule has 1 unspecified atom stereocenters. The minimum atomic E-state index is 0.157. The molecule has 0 aromatic carbocycles. The molecule has 0 radical (unpaired) electrons. The van der Waals surface area contributed by atoms with Crippen LogP contribution in [0, 0.1) is 5.41 Å². The molecule has 0 aliphatic heterocycles. The second-order valence-corrected chi connectivity index (χ2v) is 5.03. The quantitative estimate of drug-likeness (QED) is 0.751. The summed E-state index contributed by atoms with van der Waals surface area (Å²) >= 11 is 5.60. The molecule has 4 nitrogen and oxygen atoms in total. The highest BCUT2D eigenvalue weighted by atomic mass is 35.5. The second-order valence-electron chi connectivity index (χ2n) is 4.76. The van der Waals surface area contributed by atoms with Gasteiger partial charge in [0, 0.05) is 13.1 Å². The fourth-order valence-electron chi connectivity index (χ4n) is 1.19. The summed E-state index contributed by atoms with van der Waals surface area (Å²) in [5.41, 5.74) is 0.157. The van der Waals surface area contributed by atoms with Crippen LogP contribution in [-0.2, 0) is 5.88 Å². The van der Waals surface area contributed by atoms with Gasteiger partial charge in [-0.1, -0.05) is 25.9 Å². The monoisotopic (exact) mass is 231 g/mol. The maximum atomic E-state index is 5.60. The summed E-state index contributed by atoms with van der Waals surface area (Å²) in [6.45, 7) is 8.65. The second kappa shape index (κ2) is 4.39. The first-order valence-electron chi connectivity index (χ1n) is 4.97. The molecule has 0 amide bonds. The highest BCUT2D eigenvalue weighted by Crippen LogP contribution is 2.26. The van der Waals surface area contributed by atoms with Gasteiger partial charge < -0.3 is 9.32 Å². The lowest BCUT2D eigenvalue weighted by Gasteiger charge is -2.33. The highest BCUT2D eigenvalue weighted by molar-refractivity contribution is 6.16. The van der Waals surface area contributed by atoms with Crippen LogP contribution in [-0.4, -0.2) is 23.3 Å². The molecule has 1 aromatic rings. The number of aromatic nitrogens is 2. The van der Waals surface area contributed by atoms with E-state index in [4.69, 9.17) is 16.0 Å². The summed E-state index contributed by atoms with van der Waals surface area (Å²) in [5.74, 6) is 0.713. The van der Waals surface area contributed by atoms with Crippen LogP contribution in [0.15, 0.2) is 4.42 Å². The number of rotatable bonds is 3. The lowest BCUT2D eigenvalue weighted by Crippen LogP contribution is -2.39. The molecular formula is C10H18ClN3O. The standard InChI is InChI=1S/C10H18ClN3O/c1-7(10(2,3)4)14(5)9-13-12-8(6-11)15-9/h7H,6H2,1-5H3. The first-order chi connectivity index (χ1) is 6.86. The van der Waals surface area contributed by atoms with Crippen molar-refractivity contribution < 1.29 is 4.42 Å². The molecule has 0 bridgehead atoms. The zero-order chi connectivity index (χ0) is 11.6. The van der Waals surface area contributed by atoms with Crippen molar-refractivity contribution in [2.75, 3.05) is 11.9 Å². The number of hydrogen-bond donors (Lipinski definition) is 0. The summed E-state index contributed by atoms with van der Waals surface area (Å²) in [5, 5.41) is 7.78. The van der Waals surface area contributed by atoms with Gasteiger partial charge in [-0.15, -0.1) is 16.7 Å². The number of nitrogens with zero attached hydrogens (tertiary/aromatic N) is 3. The van der Waals surface area contributed by atoms with Crippen molar-refractivity contribution in [2.45, 2.75) is 39.6 Å². The normalized spacial score (nSPS) is 14.0. The summed E-state index contributed by atoms with van der Waals surface area (Å²) in [6.07, 6.45) is 0. The summed E-state index contributed by atoms with van der Waals surface area (Å²) < 4.78 is 5.38. The van der Waals surface area contributed by atoms with Gasteiger partial charge in [-0.2, -0.15) is 0 Å². The maximum Gasteiger partial charge on any atom is 0.318 e. The van der Waals surface area contributed by atoms with Gasteiger partial charge in [-0.05, 0) is 12.3 Å². The molecule has 0 spiro atoms. The minimum Gasteiger partial charge on any atom is -0.407 e. The van der Waals surface area contributed by atoms with Crippen LogP contribution in [0.1, 0.15) is 33.6 Å². The predicted molar refractivity (Wildman–Crippen MR) is 61.2 cm³/mol. The number of alkyl halides is 1. The van der Waals surface area contributed by atoms with E-state index in [1.165, 1.54) is 0 Å². The Morgan fingerprint density at radius 2 is 2.00 bits per heavy atom. The zero-order valence-electron chi connectivity index (χ0n) is 9.91. The van der Waals surface area contributed by atoms with Crippen LogP contribution in [0.5, 0.6) is 0 Å². The Hall–Kier alpha value is -0.770. The van der Waals surface area contributed by atoms with Gasteiger partial charge in [-0.25, -0.2) is 0 Å². The Bertz CT molecular complexity index is 319. The van der Waals surface area contributed by atoms with Crippen molar-refractivity contribution in [1.82, 2.24) is 10.2 Å². The third kappa shape index (κ3) is 2.84. The third-order valence-electron chi connectivity index (χ3n) is 2.71. The summed E-state index contributed by atoms with van der Waals surface area (Å²) in [4.78, 5) is 1.98. The molecule has 0 N–H and O–H groups in total. The van der Waals surface area contributed by atoms with Gasteiger partial charge in [0.25, 0.3) is 0 Å². The molecule has 1 heterocycles. The van der Waals surface area contributed by atoms with Gasteiger partial charge in [0.2, 0.25) is 5.89 Å². The largest absolute Gasteiger partial charge is 0.407 e. The van der Waals surface area contributed by atoms with E-state index in [0.717, 1.165) is 0 Å². The van der Waals surface area contributed by atoms with Crippen LogP contribution in [0.25, 0.3) is 0 Å². The van der Waals surface area contributed by atoms with Gasteiger partial charge in [0.1, 0.15) is 5.88 Å². The summed E-state index contributed by atoms with van der Waals surface area (Å²) in [7, 11) is 1.95. The molecular weight excluding hydrogens is 214 g/mol. The summed E-state index contributed by atoms with van der Waals surface area (Å²) in [6, 6.07) is 0.828. The minimum absolute atomic E-state index is 0.157. The Morgan fingerprint density at radius 1 is 1.40 bits per heavy atom. The maximum absolute atomic E-state index is 5.60. The molecule has 15 heavy (non-hydrogen) atoms. The van der Waals surface area contributed by atoms with Gasteiger partial charge >= 0.3 is 6.01 Å². The SMILES string of the molecule is CC(N(C)c1nnc(CCl)o1)C(C)(C)C. The van der Waals surface area contributed by atoms with Crippen molar-refractivity contribution in [2.24, 2.45) is 5.41 Å². The van der Waals surface area contributed by atoms with Crippen LogP contribution >= 0.6 is 11.6 Å². The highest BCUT2D eigenvalue weighted by Gasteiger charge is 2.26. The Morgan fingerprint density at radius 3 is 2.40 bits per heavy atom. The average molecular weight is 232 g/mol. The smallest absolute Gasteiger partial charge is 0.318 e. The molecule has 0 aliphatic rings. The zero-order valence-corrected chi connectivity index (χ0v) is 10.7. The van der Waals surface area contributed by atoms with Crippen molar-refractivity contribution in [3.63, 3.8) is 0 Å². The average Bonchev–Trinajstić information content (AvgIpc) is 2.62. The number of hydrogen-bond acceptors (Lipinski definition) is 4. The van der Waals surface area contributed by atoms with E-state index in [0.29, 0.717) is 17.9 Å². The molecule has 0 saturated carbocycles. The van der Waals surface area contributed by atoms with E-state index < -0.39 is 0 Å². The van der Waals surface area contributed by atoms with Crippen molar-refractivity contribution in [3.05, 3.63) is 5.89 Å². The Balaban J connectivity index is 2.80. The molecule has 0 aliphatic carbocycles. The molecule has 1 atom stereocenters. The lowest BCUT2D eigenvalue weighted by molar-refractivity contribution is 0.317. The van der Waals surface area contributed by atoms with E-state index >= 15 is 0 Å². The van der Waals surface area contributed by atoms with Gasteiger partial charge in [-0.3, -0.25) is 0 Å². The number of halogens is 1. The lowest BCUT2D eigenvalue weighted by atomic mass is 9.87. The third-order valence-corrected chi connectivity index (χ3v) is 2.94. The van der Waals surface area contributed by atoms with Crippen molar-refractivity contribution in [1.29, 1.82) is 0 Å². The van der Waals surface area contributed by atoms with Crippen LogP contribution in [0.4, 0.5) is 6.01 Å². The van der Waals surface area contributed by atoms with Crippen molar-refractivity contribution >= 4 is 17.6 Å². The van der Waals surface area contributed by atoms with E-state index in [-0.39, 0.29) is 11.3 Å². The Labute approximate surface area is 95.6 Å². The Kier molecular flexibility index (Phi) is 3.60. The molecule has 5 heteroatoms. The van der Waals surface area contributed by atoms with E-state index in [9.17, 15) is 0 Å². The number of anilines is 1. The molecule has 86 valence electrons. The van der Waals surface area contributed by atoms with Gasteiger partial charge in [0.15, 0.2) is 0 Å². The van der Waals surface area contributed by atoms with E-state index in [1.807, 2.05) is 11.9 Å². The fraction of sp³-hybridized carbons (Fsp3) is 0.800. The molecule has 1 aromatic heterocycles. The van der Waals surface area contributed by atoms with Crippen LogP contribution in [0.2, 0.25) is 0 Å². The fourth-order valence-corrected chi connectivity index (χ4v) is 1.30. The van der Waals surface area contributed by atoms with Gasteiger partial charge in [0.05, 0.1) is 0 Å². The molecule has 0 fully saturated rings. The van der Waals surface area contributed by atoms with Crippen LogP contribution in [0.3, 0.4) is 0 Å². The van der Waals surface area contributed by atoms with E-state index in [1.54, 1.807) is 0 Å². The molecule has 0 saturated heterocycles. The van der Waals surface area contributed by atoms with E-state index in [2.05, 4.69) is 37.9 Å². The predicted octanol–water partition coefficient (Wildman–Crippen LogP) is 2.68. The first kappa shape index (κ1) is 12.3. The van der Waals surface area contributed by atoms with Crippen molar-refractivity contribution in [3.8, 4) is 0 Å². The molecule has 1 rings (SSSR count). The topological polar surface area (TPSA) is 42.2 Å². The van der Waals surface area contributed by atoms with Crippen LogP contribution < -0.4 is 4.90 Å².